The number of rotatable bonds is 8. The molecule has 3 aromatic carbocycles. The summed E-state index contributed by atoms with van der Waals surface area (Å²) in [5, 5.41) is 12.2. The average molecular weight is 540 g/mol. The molecule has 8 heteroatoms. The molecule has 1 aliphatic rings. The largest absolute Gasteiger partial charge is 0.368 e. The zero-order chi connectivity index (χ0) is 26.6. The zero-order valence-corrected chi connectivity index (χ0v) is 22.3. The minimum absolute atomic E-state index is 0.117. The summed E-state index contributed by atoms with van der Waals surface area (Å²) < 4.78 is 0. The van der Waals surface area contributed by atoms with Crippen molar-refractivity contribution in [2.24, 2.45) is 5.73 Å². The summed E-state index contributed by atoms with van der Waals surface area (Å²) in [6, 6.07) is 20.2. The smallest absolute Gasteiger partial charge is 0.254 e. The van der Waals surface area contributed by atoms with Crippen LogP contribution in [0.2, 0.25) is 10.0 Å². The van der Waals surface area contributed by atoms with Crippen LogP contribution in [0.4, 0.5) is 0 Å². The molecular formula is C29H32Cl2N4O2. The van der Waals surface area contributed by atoms with Crippen LogP contribution in [0.5, 0.6) is 0 Å². The molecule has 0 bridgehead atoms. The van der Waals surface area contributed by atoms with Crippen molar-refractivity contribution in [3.05, 3.63) is 81.8 Å². The number of hydrogen-bond donors (Lipinski definition) is 1. The molecule has 1 aliphatic heterocycles. The summed E-state index contributed by atoms with van der Waals surface area (Å²) in [5.41, 5.74) is 6.27. The standard InChI is InChI=1S/C23H28N4O2.C6H4Cl2/c24-16-18-14-19-8-2-3-9-20(19)21(15-18)23(29)27(17-22(25)28)13-7-6-12-26-10-4-1-5-11-26;7-5-3-1-2-4-6(5)8/h2-3,8-9,14-15H,1,4-7,10-13,17H2,(H2,25,28);1-4H. The molecule has 1 saturated heterocycles. The quantitative estimate of drug-likeness (QED) is 0.361. The maximum Gasteiger partial charge on any atom is 0.254 e. The van der Waals surface area contributed by atoms with Gasteiger partial charge in [-0.1, -0.05) is 66.0 Å². The highest BCUT2D eigenvalue weighted by molar-refractivity contribution is 6.41. The van der Waals surface area contributed by atoms with Crippen LogP contribution in [0, 0.1) is 11.3 Å². The van der Waals surface area contributed by atoms with Gasteiger partial charge in [0.2, 0.25) is 5.91 Å². The number of primary amides is 1. The second-order valence-electron chi connectivity index (χ2n) is 9.07. The lowest BCUT2D eigenvalue weighted by molar-refractivity contribution is -0.118. The van der Waals surface area contributed by atoms with E-state index in [9.17, 15) is 14.9 Å². The Morgan fingerprint density at radius 2 is 1.59 bits per heavy atom. The van der Waals surface area contributed by atoms with Gasteiger partial charge in [-0.3, -0.25) is 9.59 Å². The Labute approximate surface area is 228 Å². The van der Waals surface area contributed by atoms with Gasteiger partial charge in [-0.15, -0.1) is 0 Å². The van der Waals surface area contributed by atoms with E-state index in [-0.39, 0.29) is 12.5 Å². The van der Waals surface area contributed by atoms with E-state index in [0.29, 0.717) is 27.7 Å². The number of amides is 2. The molecule has 3 aromatic rings. The van der Waals surface area contributed by atoms with Gasteiger partial charge in [0.1, 0.15) is 0 Å². The predicted molar refractivity (Wildman–Crippen MR) is 150 cm³/mol. The third-order valence-corrected chi connectivity index (χ3v) is 7.04. The number of hydrogen-bond acceptors (Lipinski definition) is 4. The maximum absolute atomic E-state index is 13.3. The first-order valence-corrected chi connectivity index (χ1v) is 13.3. The minimum Gasteiger partial charge on any atom is -0.368 e. The predicted octanol–water partition coefficient (Wildman–Crippen LogP) is 5.90. The summed E-state index contributed by atoms with van der Waals surface area (Å²) in [5.74, 6) is -0.787. The molecule has 0 aliphatic carbocycles. The molecule has 0 aromatic heterocycles. The van der Waals surface area contributed by atoms with Crippen molar-refractivity contribution < 1.29 is 9.59 Å². The van der Waals surface area contributed by atoms with Crippen LogP contribution < -0.4 is 5.73 Å². The van der Waals surface area contributed by atoms with Gasteiger partial charge in [0.15, 0.2) is 0 Å². The highest BCUT2D eigenvalue weighted by Gasteiger charge is 2.20. The Balaban J connectivity index is 0.000000405. The molecule has 0 saturated carbocycles. The average Bonchev–Trinajstić information content (AvgIpc) is 2.91. The van der Waals surface area contributed by atoms with Crippen molar-refractivity contribution in [3.63, 3.8) is 0 Å². The number of halogens is 2. The van der Waals surface area contributed by atoms with Crippen LogP contribution in [-0.2, 0) is 4.79 Å². The number of nitriles is 1. The molecule has 0 spiro atoms. The van der Waals surface area contributed by atoms with Gasteiger partial charge in [-0.2, -0.15) is 5.26 Å². The van der Waals surface area contributed by atoms with Crippen molar-refractivity contribution in [2.75, 3.05) is 32.7 Å². The number of nitrogens with two attached hydrogens (primary N) is 1. The van der Waals surface area contributed by atoms with Crippen LogP contribution in [0.1, 0.15) is 48.0 Å². The molecule has 0 atom stereocenters. The van der Waals surface area contributed by atoms with E-state index in [2.05, 4.69) is 11.0 Å². The molecule has 1 fully saturated rings. The number of benzene rings is 3. The van der Waals surface area contributed by atoms with Gasteiger partial charge >= 0.3 is 0 Å². The second-order valence-corrected chi connectivity index (χ2v) is 9.89. The third kappa shape index (κ3) is 8.75. The van der Waals surface area contributed by atoms with Crippen molar-refractivity contribution in [2.45, 2.75) is 32.1 Å². The molecular weight excluding hydrogens is 507 g/mol. The highest BCUT2D eigenvalue weighted by Crippen LogP contribution is 2.23. The lowest BCUT2D eigenvalue weighted by Gasteiger charge is -2.27. The Morgan fingerprint density at radius 3 is 2.22 bits per heavy atom. The number of nitrogens with zero attached hydrogens (tertiary/aromatic N) is 3. The molecule has 1 heterocycles. The Morgan fingerprint density at radius 1 is 0.946 bits per heavy atom. The summed E-state index contributed by atoms with van der Waals surface area (Å²) in [7, 11) is 0. The molecule has 4 rings (SSSR count). The van der Waals surface area contributed by atoms with Gasteiger partial charge < -0.3 is 15.5 Å². The summed E-state index contributed by atoms with van der Waals surface area (Å²) in [6.45, 7) is 3.67. The number of carbonyl (C=O) groups is 2. The molecule has 194 valence electrons. The Hall–Kier alpha value is -3.11. The number of fused-ring (bicyclic) bond motifs is 1. The normalized spacial score (nSPS) is 13.3. The minimum atomic E-state index is -0.532. The number of piperidine rings is 1. The van der Waals surface area contributed by atoms with E-state index in [4.69, 9.17) is 28.9 Å². The van der Waals surface area contributed by atoms with Gasteiger partial charge in [-0.25, -0.2) is 0 Å². The van der Waals surface area contributed by atoms with Crippen LogP contribution in [0.15, 0.2) is 60.7 Å². The lowest BCUT2D eigenvalue weighted by Crippen LogP contribution is -2.39. The fraction of sp³-hybridized carbons (Fsp3) is 0.345. The van der Waals surface area contributed by atoms with Gasteiger partial charge in [-0.05, 0) is 80.4 Å². The summed E-state index contributed by atoms with van der Waals surface area (Å²) in [4.78, 5) is 28.8. The molecule has 0 radical (unpaired) electrons. The maximum atomic E-state index is 13.3. The SMILES string of the molecule is Clc1ccccc1Cl.N#Cc1cc(C(=O)N(CCCCN2CCCCC2)CC(N)=O)c2ccccc2c1. The van der Waals surface area contributed by atoms with Gasteiger partial charge in [0.05, 0.1) is 28.2 Å². The van der Waals surface area contributed by atoms with E-state index in [0.717, 1.165) is 43.2 Å². The van der Waals surface area contributed by atoms with E-state index >= 15 is 0 Å². The van der Waals surface area contributed by atoms with E-state index < -0.39 is 5.91 Å². The van der Waals surface area contributed by atoms with Gasteiger partial charge in [0.25, 0.3) is 5.91 Å². The molecule has 0 unspecified atom stereocenters. The van der Waals surface area contributed by atoms with Gasteiger partial charge in [0, 0.05) is 12.1 Å². The van der Waals surface area contributed by atoms with Crippen molar-refractivity contribution in [1.29, 1.82) is 5.26 Å². The topological polar surface area (TPSA) is 90.4 Å². The molecule has 2 N–H and O–H groups in total. The first-order chi connectivity index (χ1) is 17.9. The van der Waals surface area contributed by atoms with E-state index in [1.54, 1.807) is 24.3 Å². The fourth-order valence-electron chi connectivity index (χ4n) is 4.42. The molecule has 37 heavy (non-hydrogen) atoms. The van der Waals surface area contributed by atoms with Crippen LogP contribution in [0.25, 0.3) is 10.8 Å². The van der Waals surface area contributed by atoms with Crippen LogP contribution >= 0.6 is 23.2 Å². The Bertz CT molecular complexity index is 1230. The van der Waals surface area contributed by atoms with Crippen molar-refractivity contribution in [3.8, 4) is 6.07 Å². The summed E-state index contributed by atoms with van der Waals surface area (Å²) >= 11 is 11.2. The highest BCUT2D eigenvalue weighted by atomic mass is 35.5. The number of likely N-dealkylation sites (tertiary alicyclic amines) is 1. The van der Waals surface area contributed by atoms with Crippen LogP contribution in [-0.4, -0.2) is 54.3 Å². The lowest BCUT2D eigenvalue weighted by atomic mass is 10.00. The van der Waals surface area contributed by atoms with Crippen LogP contribution in [0.3, 0.4) is 0 Å². The Kier molecular flexibility index (Phi) is 11.2. The fourth-order valence-corrected chi connectivity index (χ4v) is 4.69. The monoisotopic (exact) mass is 538 g/mol. The number of carbonyl (C=O) groups excluding carboxylic acids is 2. The molecule has 2 amide bonds. The summed E-state index contributed by atoms with van der Waals surface area (Å²) in [6.07, 6.45) is 5.61. The first kappa shape index (κ1) is 28.5. The van der Waals surface area contributed by atoms with E-state index in [1.165, 1.54) is 24.2 Å². The molecule has 6 nitrogen and oxygen atoms in total. The van der Waals surface area contributed by atoms with Crippen molar-refractivity contribution in [1.82, 2.24) is 9.80 Å². The third-order valence-electron chi connectivity index (χ3n) is 6.28. The van der Waals surface area contributed by atoms with Crippen molar-refractivity contribution >= 4 is 45.8 Å². The first-order valence-electron chi connectivity index (χ1n) is 12.5. The number of unbranched alkanes of at least 4 members (excludes halogenated alkanes) is 1. The van der Waals surface area contributed by atoms with E-state index in [1.807, 2.05) is 36.4 Å². The second kappa shape index (κ2) is 14.6. The zero-order valence-electron chi connectivity index (χ0n) is 20.8.